The van der Waals surface area contributed by atoms with Gasteiger partial charge in [-0.05, 0) is 0 Å². The van der Waals surface area contributed by atoms with E-state index in [2.05, 4.69) is 5.92 Å². The highest BCUT2D eigenvalue weighted by Gasteiger charge is 2.00. The number of hydrogen-bond acceptors (Lipinski definition) is 3. The normalized spacial score (nSPS) is 8.18. The molecule has 0 aliphatic rings. The van der Waals surface area contributed by atoms with Crippen LogP contribution in [0.1, 0.15) is 6.42 Å². The Kier molecular flexibility index (Phi) is 5.72. The minimum absolute atomic E-state index is 0.273. The number of nitriles is 2. The molecule has 0 radical (unpaired) electrons. The zero-order valence-electron chi connectivity index (χ0n) is 6.25. The fraction of sp³-hybridized carbons (Fsp3) is 0.500. The van der Waals surface area contributed by atoms with Crippen molar-refractivity contribution in [3.05, 3.63) is 0 Å². The fourth-order valence-electron chi connectivity index (χ4n) is 0.637. The summed E-state index contributed by atoms with van der Waals surface area (Å²) in [5.74, 6) is 2.45. The maximum absolute atomic E-state index is 8.31. The van der Waals surface area contributed by atoms with E-state index in [9.17, 15) is 0 Å². The molecule has 0 aromatic heterocycles. The molecule has 0 N–H and O–H groups in total. The molecular weight excluding hydrogens is 138 g/mol. The van der Waals surface area contributed by atoms with Gasteiger partial charge in [-0.15, -0.1) is 12.3 Å². The summed E-state index contributed by atoms with van der Waals surface area (Å²) in [6.45, 7) is 1.17. The van der Waals surface area contributed by atoms with Crippen LogP contribution in [0.5, 0.6) is 0 Å². The highest BCUT2D eigenvalue weighted by atomic mass is 15.1. The van der Waals surface area contributed by atoms with Gasteiger partial charge in [-0.2, -0.15) is 10.5 Å². The van der Waals surface area contributed by atoms with E-state index in [1.54, 1.807) is 4.90 Å². The van der Waals surface area contributed by atoms with Crippen molar-refractivity contribution in [3.8, 4) is 24.5 Å². The second kappa shape index (κ2) is 6.62. The lowest BCUT2D eigenvalue weighted by Crippen LogP contribution is -2.25. The molecule has 0 aromatic carbocycles. The maximum atomic E-state index is 8.31. The molecule has 56 valence electrons. The van der Waals surface area contributed by atoms with Crippen molar-refractivity contribution >= 4 is 0 Å². The molecule has 0 rings (SSSR count). The average molecular weight is 147 g/mol. The first-order chi connectivity index (χ1) is 5.35. The predicted molar refractivity (Wildman–Crippen MR) is 41.1 cm³/mol. The summed E-state index contributed by atoms with van der Waals surface area (Å²) in [7, 11) is 0. The van der Waals surface area contributed by atoms with Crippen LogP contribution in [-0.2, 0) is 0 Å². The summed E-state index contributed by atoms with van der Waals surface area (Å²) in [4.78, 5) is 1.71. The van der Waals surface area contributed by atoms with Gasteiger partial charge in [0.25, 0.3) is 0 Å². The van der Waals surface area contributed by atoms with Crippen molar-refractivity contribution < 1.29 is 0 Å². The van der Waals surface area contributed by atoms with Gasteiger partial charge < -0.3 is 0 Å². The second-order valence-electron chi connectivity index (χ2n) is 1.98. The van der Waals surface area contributed by atoms with Crippen LogP contribution in [0.2, 0.25) is 0 Å². The van der Waals surface area contributed by atoms with Gasteiger partial charge in [0.15, 0.2) is 0 Å². The van der Waals surface area contributed by atoms with E-state index >= 15 is 0 Å². The third kappa shape index (κ3) is 4.97. The van der Waals surface area contributed by atoms with Crippen molar-refractivity contribution in [1.29, 1.82) is 10.5 Å². The summed E-state index contributed by atoms with van der Waals surface area (Å²) >= 11 is 0. The van der Waals surface area contributed by atoms with Gasteiger partial charge in [-0.1, -0.05) is 0 Å². The standard InChI is InChI=1S/C8H9N3/c1-2-3-6-11(7-4-9)8-5-10/h1H,3,6-8H2. The molecule has 0 bridgehead atoms. The smallest absolute Gasteiger partial charge is 0.0874 e. The van der Waals surface area contributed by atoms with Gasteiger partial charge in [-0.25, -0.2) is 0 Å². The third-order valence-electron chi connectivity index (χ3n) is 1.16. The van der Waals surface area contributed by atoms with Crippen LogP contribution in [-0.4, -0.2) is 24.5 Å². The molecule has 0 aromatic rings. The van der Waals surface area contributed by atoms with E-state index in [1.807, 2.05) is 12.1 Å². The molecule has 0 saturated heterocycles. The van der Waals surface area contributed by atoms with E-state index in [-0.39, 0.29) is 13.1 Å². The summed E-state index contributed by atoms with van der Waals surface area (Å²) in [6, 6.07) is 3.94. The fourth-order valence-corrected chi connectivity index (χ4v) is 0.637. The Hall–Kier alpha value is -1.50. The van der Waals surface area contributed by atoms with E-state index in [0.717, 1.165) is 0 Å². The molecule has 3 heteroatoms. The molecule has 0 saturated carbocycles. The van der Waals surface area contributed by atoms with Gasteiger partial charge in [0.05, 0.1) is 25.2 Å². The van der Waals surface area contributed by atoms with Crippen LogP contribution in [0.4, 0.5) is 0 Å². The van der Waals surface area contributed by atoms with Crippen LogP contribution < -0.4 is 0 Å². The van der Waals surface area contributed by atoms with Gasteiger partial charge in [0.1, 0.15) is 0 Å². The minimum Gasteiger partial charge on any atom is -0.277 e. The first-order valence-corrected chi connectivity index (χ1v) is 3.25. The summed E-state index contributed by atoms with van der Waals surface area (Å²) in [5, 5.41) is 16.6. The molecular formula is C8H9N3. The molecule has 0 amide bonds. The van der Waals surface area contributed by atoms with Crippen LogP contribution >= 0.6 is 0 Å². The molecule has 3 nitrogen and oxygen atoms in total. The Morgan fingerprint density at radius 2 is 1.73 bits per heavy atom. The molecule has 0 unspecified atom stereocenters. The van der Waals surface area contributed by atoms with Crippen LogP contribution in [0.25, 0.3) is 0 Å². The Balaban J connectivity index is 3.65. The lowest BCUT2D eigenvalue weighted by Gasteiger charge is -2.11. The van der Waals surface area contributed by atoms with Crippen LogP contribution in [0.15, 0.2) is 0 Å². The summed E-state index contributed by atoms with van der Waals surface area (Å²) in [5.41, 5.74) is 0. The van der Waals surface area contributed by atoms with Crippen molar-refractivity contribution in [2.24, 2.45) is 0 Å². The maximum Gasteiger partial charge on any atom is 0.0874 e. The topological polar surface area (TPSA) is 50.8 Å². The zero-order valence-corrected chi connectivity index (χ0v) is 6.25. The Morgan fingerprint density at radius 3 is 2.09 bits per heavy atom. The molecule has 0 aliphatic heterocycles. The Labute approximate surface area is 66.8 Å². The molecule has 0 atom stereocenters. The zero-order chi connectivity index (χ0) is 8.53. The van der Waals surface area contributed by atoms with E-state index in [4.69, 9.17) is 16.9 Å². The first kappa shape index (κ1) is 9.50. The highest BCUT2D eigenvalue weighted by molar-refractivity contribution is 4.89. The Morgan fingerprint density at radius 1 is 1.18 bits per heavy atom. The minimum atomic E-state index is 0.273. The van der Waals surface area contributed by atoms with Gasteiger partial charge in [0, 0.05) is 13.0 Å². The first-order valence-electron chi connectivity index (χ1n) is 3.25. The van der Waals surface area contributed by atoms with E-state index in [0.29, 0.717) is 13.0 Å². The summed E-state index contributed by atoms with van der Waals surface area (Å²) in [6.07, 6.45) is 5.61. The number of terminal acetylenes is 1. The SMILES string of the molecule is C#CCCN(CC#N)CC#N. The molecule has 0 aliphatic carbocycles. The van der Waals surface area contributed by atoms with Crippen molar-refractivity contribution in [2.75, 3.05) is 19.6 Å². The number of hydrogen-bond donors (Lipinski definition) is 0. The number of rotatable bonds is 4. The lowest BCUT2D eigenvalue weighted by atomic mass is 10.4. The third-order valence-corrected chi connectivity index (χ3v) is 1.16. The van der Waals surface area contributed by atoms with Crippen molar-refractivity contribution in [2.45, 2.75) is 6.42 Å². The number of nitrogens with zero attached hydrogens (tertiary/aromatic N) is 3. The average Bonchev–Trinajstić information content (AvgIpc) is 2.01. The monoisotopic (exact) mass is 147 g/mol. The second-order valence-corrected chi connectivity index (χ2v) is 1.98. The van der Waals surface area contributed by atoms with Gasteiger partial charge in [-0.3, -0.25) is 4.90 Å². The molecule has 0 fully saturated rings. The molecule has 0 heterocycles. The van der Waals surface area contributed by atoms with Crippen molar-refractivity contribution in [3.63, 3.8) is 0 Å². The predicted octanol–water partition coefficient (Wildman–Crippen LogP) is 0.359. The Bertz CT molecular complexity index is 197. The lowest BCUT2D eigenvalue weighted by molar-refractivity contribution is 0.351. The van der Waals surface area contributed by atoms with E-state index < -0.39 is 0 Å². The largest absolute Gasteiger partial charge is 0.277 e. The van der Waals surface area contributed by atoms with E-state index in [1.165, 1.54) is 0 Å². The van der Waals surface area contributed by atoms with Crippen LogP contribution in [0.3, 0.4) is 0 Å². The van der Waals surface area contributed by atoms with Crippen molar-refractivity contribution in [1.82, 2.24) is 4.90 Å². The molecule has 11 heavy (non-hydrogen) atoms. The quantitative estimate of drug-likeness (QED) is 0.426. The molecule has 0 spiro atoms. The van der Waals surface area contributed by atoms with Gasteiger partial charge >= 0.3 is 0 Å². The van der Waals surface area contributed by atoms with Gasteiger partial charge in [0.2, 0.25) is 0 Å². The van der Waals surface area contributed by atoms with Crippen LogP contribution in [0, 0.1) is 35.0 Å². The highest BCUT2D eigenvalue weighted by Crippen LogP contribution is 1.88. The summed E-state index contributed by atoms with van der Waals surface area (Å²) < 4.78 is 0.